The number of hydrogen-bond acceptors (Lipinski definition) is 2. The molecule has 0 atom stereocenters. The van der Waals surface area contributed by atoms with Crippen molar-refractivity contribution in [2.24, 2.45) is 5.92 Å². The van der Waals surface area contributed by atoms with E-state index in [0.717, 1.165) is 25.1 Å². The summed E-state index contributed by atoms with van der Waals surface area (Å²) in [7, 11) is 0. The fourth-order valence-electron chi connectivity index (χ4n) is 1.86. The molecule has 18 heavy (non-hydrogen) atoms. The van der Waals surface area contributed by atoms with E-state index < -0.39 is 0 Å². The van der Waals surface area contributed by atoms with Gasteiger partial charge < -0.3 is 5.32 Å². The van der Waals surface area contributed by atoms with Crippen LogP contribution in [0.5, 0.6) is 0 Å². The van der Waals surface area contributed by atoms with Gasteiger partial charge in [-0.25, -0.2) is 0 Å². The fraction of sp³-hybridized carbons (Fsp3) is 0.286. The molecular formula is C14H15N3O. The van der Waals surface area contributed by atoms with Crippen LogP contribution in [-0.4, -0.2) is 15.7 Å². The Bertz CT molecular complexity index is 527. The van der Waals surface area contributed by atoms with E-state index >= 15 is 0 Å². The van der Waals surface area contributed by atoms with Gasteiger partial charge in [-0.05, 0) is 36.6 Å². The number of anilines is 1. The van der Waals surface area contributed by atoms with Crippen molar-refractivity contribution in [2.75, 3.05) is 5.32 Å². The Labute approximate surface area is 106 Å². The smallest absolute Gasteiger partial charge is 0.227 e. The van der Waals surface area contributed by atoms with Crippen LogP contribution in [0.2, 0.25) is 0 Å². The normalized spacial score (nSPS) is 14.4. The molecule has 0 bridgehead atoms. The Morgan fingerprint density at radius 2 is 2.11 bits per heavy atom. The lowest BCUT2D eigenvalue weighted by Gasteiger charge is -2.06. The Kier molecular flexibility index (Phi) is 2.84. The van der Waals surface area contributed by atoms with Crippen LogP contribution in [0.3, 0.4) is 0 Å². The minimum absolute atomic E-state index is 0.148. The number of nitrogens with zero attached hydrogens (tertiary/aromatic N) is 2. The molecule has 1 aliphatic carbocycles. The van der Waals surface area contributed by atoms with Gasteiger partial charge in [0.05, 0.1) is 6.54 Å². The molecule has 0 unspecified atom stereocenters. The first-order valence-electron chi connectivity index (χ1n) is 6.18. The fourth-order valence-corrected chi connectivity index (χ4v) is 1.86. The van der Waals surface area contributed by atoms with Crippen molar-refractivity contribution in [3.63, 3.8) is 0 Å². The SMILES string of the molecule is O=C(Nc1ccc(Cn2cccn2)cc1)C1CC1. The summed E-state index contributed by atoms with van der Waals surface area (Å²) in [5.74, 6) is 0.392. The van der Waals surface area contributed by atoms with Gasteiger partial charge in [0.25, 0.3) is 0 Å². The summed E-state index contributed by atoms with van der Waals surface area (Å²) < 4.78 is 1.87. The van der Waals surface area contributed by atoms with E-state index in [-0.39, 0.29) is 11.8 Å². The number of nitrogens with one attached hydrogen (secondary N) is 1. The van der Waals surface area contributed by atoms with Gasteiger partial charge in [-0.1, -0.05) is 12.1 Å². The molecule has 1 heterocycles. The second-order valence-corrected chi connectivity index (χ2v) is 4.66. The monoisotopic (exact) mass is 241 g/mol. The summed E-state index contributed by atoms with van der Waals surface area (Å²) in [5, 5.41) is 7.09. The molecule has 3 rings (SSSR count). The average Bonchev–Trinajstić information content (AvgIpc) is 3.11. The van der Waals surface area contributed by atoms with E-state index in [2.05, 4.69) is 10.4 Å². The minimum Gasteiger partial charge on any atom is -0.326 e. The molecule has 0 spiro atoms. The lowest BCUT2D eigenvalue weighted by atomic mass is 10.2. The summed E-state index contributed by atoms with van der Waals surface area (Å²) in [6.45, 7) is 0.754. The molecule has 1 saturated carbocycles. The molecule has 0 radical (unpaired) electrons. The van der Waals surface area contributed by atoms with Gasteiger partial charge in [0, 0.05) is 24.0 Å². The first-order valence-corrected chi connectivity index (χ1v) is 6.18. The highest BCUT2D eigenvalue weighted by Crippen LogP contribution is 2.30. The van der Waals surface area contributed by atoms with Crippen molar-refractivity contribution in [3.8, 4) is 0 Å². The van der Waals surface area contributed by atoms with Crippen LogP contribution in [0.15, 0.2) is 42.7 Å². The van der Waals surface area contributed by atoms with Crippen molar-refractivity contribution in [1.82, 2.24) is 9.78 Å². The van der Waals surface area contributed by atoms with Crippen LogP contribution in [0.25, 0.3) is 0 Å². The lowest BCUT2D eigenvalue weighted by molar-refractivity contribution is -0.117. The predicted molar refractivity (Wildman–Crippen MR) is 69.1 cm³/mol. The van der Waals surface area contributed by atoms with Crippen LogP contribution >= 0.6 is 0 Å². The van der Waals surface area contributed by atoms with Gasteiger partial charge in [0.15, 0.2) is 0 Å². The van der Waals surface area contributed by atoms with Crippen LogP contribution < -0.4 is 5.32 Å². The molecule has 1 aliphatic rings. The molecule has 0 aliphatic heterocycles. The summed E-state index contributed by atoms with van der Waals surface area (Å²) >= 11 is 0. The van der Waals surface area contributed by atoms with Gasteiger partial charge in [-0.15, -0.1) is 0 Å². The maximum atomic E-state index is 11.6. The molecule has 0 saturated heterocycles. The standard InChI is InChI=1S/C14H15N3O/c18-14(12-4-5-12)16-13-6-2-11(3-7-13)10-17-9-1-8-15-17/h1-3,6-9,12H,4-5,10H2,(H,16,18). The molecule has 92 valence electrons. The number of rotatable bonds is 4. The Morgan fingerprint density at radius 3 is 2.72 bits per heavy atom. The lowest BCUT2D eigenvalue weighted by Crippen LogP contribution is -2.13. The summed E-state index contributed by atoms with van der Waals surface area (Å²) in [6.07, 6.45) is 5.76. The topological polar surface area (TPSA) is 46.9 Å². The number of amides is 1. The Hall–Kier alpha value is -2.10. The minimum atomic E-state index is 0.148. The highest BCUT2D eigenvalue weighted by Gasteiger charge is 2.29. The van der Waals surface area contributed by atoms with Gasteiger partial charge in [0.1, 0.15) is 0 Å². The molecule has 2 aromatic rings. The second-order valence-electron chi connectivity index (χ2n) is 4.66. The van der Waals surface area contributed by atoms with E-state index in [9.17, 15) is 4.79 Å². The third-order valence-corrected chi connectivity index (χ3v) is 3.07. The molecule has 4 heteroatoms. The van der Waals surface area contributed by atoms with E-state index in [4.69, 9.17) is 0 Å². The summed E-state index contributed by atoms with van der Waals surface area (Å²) in [6, 6.07) is 9.83. The van der Waals surface area contributed by atoms with E-state index in [0.29, 0.717) is 0 Å². The van der Waals surface area contributed by atoms with E-state index in [1.165, 1.54) is 5.56 Å². The number of carbonyl (C=O) groups excluding carboxylic acids is 1. The zero-order chi connectivity index (χ0) is 12.4. The maximum Gasteiger partial charge on any atom is 0.227 e. The number of carbonyl (C=O) groups is 1. The van der Waals surface area contributed by atoms with Crippen molar-refractivity contribution >= 4 is 11.6 Å². The summed E-state index contributed by atoms with van der Waals surface area (Å²) in [5.41, 5.74) is 2.04. The highest BCUT2D eigenvalue weighted by molar-refractivity contribution is 5.93. The van der Waals surface area contributed by atoms with Crippen LogP contribution in [0.4, 0.5) is 5.69 Å². The van der Waals surface area contributed by atoms with E-state index in [1.54, 1.807) is 6.20 Å². The van der Waals surface area contributed by atoms with Crippen LogP contribution in [-0.2, 0) is 11.3 Å². The molecule has 4 nitrogen and oxygen atoms in total. The third-order valence-electron chi connectivity index (χ3n) is 3.07. The van der Waals surface area contributed by atoms with Gasteiger partial charge >= 0.3 is 0 Å². The molecule has 1 N–H and O–H groups in total. The molecule has 1 aromatic carbocycles. The quantitative estimate of drug-likeness (QED) is 0.892. The van der Waals surface area contributed by atoms with Crippen LogP contribution in [0.1, 0.15) is 18.4 Å². The summed E-state index contributed by atoms with van der Waals surface area (Å²) in [4.78, 5) is 11.6. The van der Waals surface area contributed by atoms with Gasteiger partial charge in [0.2, 0.25) is 5.91 Å². The van der Waals surface area contributed by atoms with Gasteiger partial charge in [-0.3, -0.25) is 9.48 Å². The van der Waals surface area contributed by atoms with E-state index in [1.807, 2.05) is 41.2 Å². The molecule has 1 fully saturated rings. The van der Waals surface area contributed by atoms with Crippen LogP contribution in [0, 0.1) is 5.92 Å². The molecule has 1 amide bonds. The first-order chi connectivity index (χ1) is 8.81. The highest BCUT2D eigenvalue weighted by atomic mass is 16.2. The van der Waals surface area contributed by atoms with Crippen molar-refractivity contribution < 1.29 is 4.79 Å². The number of aromatic nitrogens is 2. The largest absolute Gasteiger partial charge is 0.326 e. The first kappa shape index (κ1) is 11.0. The van der Waals surface area contributed by atoms with Gasteiger partial charge in [-0.2, -0.15) is 5.10 Å². The zero-order valence-corrected chi connectivity index (χ0v) is 10.0. The molecule has 1 aromatic heterocycles. The number of hydrogen-bond donors (Lipinski definition) is 1. The maximum absolute atomic E-state index is 11.6. The second kappa shape index (κ2) is 4.64. The average molecular weight is 241 g/mol. The third kappa shape index (κ3) is 2.59. The Morgan fingerprint density at radius 1 is 1.33 bits per heavy atom. The van der Waals surface area contributed by atoms with Crippen molar-refractivity contribution in [3.05, 3.63) is 48.3 Å². The Balaban J connectivity index is 1.63. The van der Waals surface area contributed by atoms with Crippen molar-refractivity contribution in [1.29, 1.82) is 0 Å². The van der Waals surface area contributed by atoms with Crippen molar-refractivity contribution in [2.45, 2.75) is 19.4 Å². The molecular weight excluding hydrogens is 226 g/mol. The zero-order valence-electron chi connectivity index (χ0n) is 10.0. The number of benzene rings is 1. The predicted octanol–water partition coefficient (Wildman–Crippen LogP) is 2.28.